The summed E-state index contributed by atoms with van der Waals surface area (Å²) in [4.78, 5) is 13.9. The largest absolute Gasteiger partial charge is 0.393 e. The number of carbonyl (C=O) groups is 1. The molecule has 0 aliphatic carbocycles. The predicted octanol–water partition coefficient (Wildman–Crippen LogP) is 0.509. The molecule has 0 aliphatic heterocycles. The Morgan fingerprint density at radius 2 is 2.20 bits per heavy atom. The number of amides is 1. The molecule has 0 aromatic heterocycles. The van der Waals surface area contributed by atoms with Crippen LogP contribution in [0.2, 0.25) is 0 Å². The minimum atomic E-state index is 0.0261. The van der Waals surface area contributed by atoms with Crippen LogP contribution < -0.4 is 11.1 Å². The number of rotatable bonds is 7. The Balaban J connectivity index is 4.23. The van der Waals surface area contributed by atoms with Gasteiger partial charge in [0.15, 0.2) is 0 Å². The molecule has 0 aromatic rings. The molecule has 0 radical (unpaired) electrons. The number of hydrogen-bond acceptors (Lipinski definition) is 3. The van der Waals surface area contributed by atoms with Crippen molar-refractivity contribution in [2.45, 2.75) is 32.7 Å². The zero-order valence-electron chi connectivity index (χ0n) is 9.75. The fraction of sp³-hybridized carbons (Fsp3) is 0.800. The van der Waals surface area contributed by atoms with Crippen LogP contribution >= 0.6 is 12.2 Å². The van der Waals surface area contributed by atoms with Crippen LogP contribution in [0.4, 0.5) is 0 Å². The molecule has 0 rings (SSSR count). The zero-order chi connectivity index (χ0) is 11.8. The second kappa shape index (κ2) is 7.59. The fourth-order valence-corrected chi connectivity index (χ4v) is 1.67. The highest BCUT2D eigenvalue weighted by molar-refractivity contribution is 7.80. The monoisotopic (exact) mass is 231 g/mol. The van der Waals surface area contributed by atoms with Gasteiger partial charge < -0.3 is 11.1 Å². The van der Waals surface area contributed by atoms with Crippen molar-refractivity contribution in [3.8, 4) is 0 Å². The second-order valence-electron chi connectivity index (χ2n) is 3.66. The zero-order valence-corrected chi connectivity index (χ0v) is 10.6. The first-order valence-electron chi connectivity index (χ1n) is 5.24. The van der Waals surface area contributed by atoms with Gasteiger partial charge in [0.25, 0.3) is 0 Å². The molecule has 0 saturated heterocycles. The van der Waals surface area contributed by atoms with E-state index in [1.165, 1.54) is 0 Å². The normalized spacial score (nSPS) is 12.5. The topological polar surface area (TPSA) is 58.4 Å². The molecule has 1 unspecified atom stereocenters. The van der Waals surface area contributed by atoms with Gasteiger partial charge in [0.05, 0.1) is 11.5 Å². The van der Waals surface area contributed by atoms with Crippen molar-refractivity contribution in [3.63, 3.8) is 0 Å². The van der Waals surface area contributed by atoms with Gasteiger partial charge in [-0.15, -0.1) is 0 Å². The SMILES string of the molecule is CCCN(CC(=O)NC)C(C)CC(N)=S. The summed E-state index contributed by atoms with van der Waals surface area (Å²) in [6.45, 7) is 5.42. The van der Waals surface area contributed by atoms with E-state index in [4.69, 9.17) is 18.0 Å². The average molecular weight is 231 g/mol. The molecule has 0 aliphatic rings. The highest BCUT2D eigenvalue weighted by Crippen LogP contribution is 2.04. The molecule has 1 atom stereocenters. The first-order chi connectivity index (χ1) is 7.01. The molecule has 0 heterocycles. The van der Waals surface area contributed by atoms with E-state index >= 15 is 0 Å². The molecule has 0 saturated carbocycles. The number of carbonyl (C=O) groups excluding carboxylic acids is 1. The molecule has 0 bridgehead atoms. The first kappa shape index (κ1) is 14.3. The van der Waals surface area contributed by atoms with Crippen LogP contribution in [0.1, 0.15) is 26.7 Å². The van der Waals surface area contributed by atoms with Crippen LogP contribution in [-0.4, -0.2) is 42.0 Å². The maximum absolute atomic E-state index is 11.3. The Labute approximate surface area is 97.2 Å². The van der Waals surface area contributed by atoms with Crippen molar-refractivity contribution in [1.29, 1.82) is 0 Å². The number of nitrogens with zero attached hydrogens (tertiary/aromatic N) is 1. The summed E-state index contributed by atoms with van der Waals surface area (Å²) in [6.07, 6.45) is 1.67. The van der Waals surface area contributed by atoms with Gasteiger partial charge in [-0.3, -0.25) is 9.69 Å². The molecule has 88 valence electrons. The highest BCUT2D eigenvalue weighted by atomic mass is 32.1. The quantitative estimate of drug-likeness (QED) is 0.627. The Hall–Kier alpha value is -0.680. The Bertz CT molecular complexity index is 221. The average Bonchev–Trinajstić information content (AvgIpc) is 2.15. The lowest BCUT2D eigenvalue weighted by atomic mass is 10.2. The predicted molar refractivity (Wildman–Crippen MR) is 66.8 cm³/mol. The van der Waals surface area contributed by atoms with Gasteiger partial charge >= 0.3 is 0 Å². The lowest BCUT2D eigenvalue weighted by molar-refractivity contribution is -0.122. The van der Waals surface area contributed by atoms with E-state index in [1.807, 2.05) is 6.92 Å². The van der Waals surface area contributed by atoms with E-state index in [1.54, 1.807) is 7.05 Å². The molecule has 0 fully saturated rings. The van der Waals surface area contributed by atoms with Crippen LogP contribution in [0.15, 0.2) is 0 Å². The van der Waals surface area contributed by atoms with Crippen molar-refractivity contribution in [3.05, 3.63) is 0 Å². The first-order valence-corrected chi connectivity index (χ1v) is 5.65. The maximum Gasteiger partial charge on any atom is 0.233 e. The van der Waals surface area contributed by atoms with Crippen molar-refractivity contribution in [2.75, 3.05) is 20.1 Å². The minimum absolute atomic E-state index is 0.0261. The number of hydrogen-bond donors (Lipinski definition) is 2. The Kier molecular flexibility index (Phi) is 7.25. The molecular formula is C10H21N3OS. The van der Waals surface area contributed by atoms with E-state index in [-0.39, 0.29) is 11.9 Å². The molecule has 15 heavy (non-hydrogen) atoms. The van der Waals surface area contributed by atoms with Crippen molar-refractivity contribution < 1.29 is 4.79 Å². The third-order valence-corrected chi connectivity index (χ3v) is 2.42. The van der Waals surface area contributed by atoms with E-state index in [0.717, 1.165) is 13.0 Å². The third-order valence-electron chi connectivity index (χ3n) is 2.26. The minimum Gasteiger partial charge on any atom is -0.393 e. The molecule has 1 amide bonds. The summed E-state index contributed by atoms with van der Waals surface area (Å²) < 4.78 is 0. The number of likely N-dealkylation sites (N-methyl/N-ethyl adjacent to an activating group) is 1. The Morgan fingerprint density at radius 3 is 2.60 bits per heavy atom. The van der Waals surface area contributed by atoms with Gasteiger partial charge in [-0.25, -0.2) is 0 Å². The summed E-state index contributed by atoms with van der Waals surface area (Å²) in [6, 6.07) is 0.222. The maximum atomic E-state index is 11.3. The summed E-state index contributed by atoms with van der Waals surface area (Å²) >= 11 is 4.87. The number of nitrogens with two attached hydrogens (primary N) is 1. The van der Waals surface area contributed by atoms with Crippen LogP contribution in [-0.2, 0) is 4.79 Å². The van der Waals surface area contributed by atoms with Crippen molar-refractivity contribution in [1.82, 2.24) is 10.2 Å². The lowest BCUT2D eigenvalue weighted by Gasteiger charge is -2.27. The van der Waals surface area contributed by atoms with Crippen LogP contribution in [0, 0.1) is 0 Å². The van der Waals surface area contributed by atoms with E-state index < -0.39 is 0 Å². The van der Waals surface area contributed by atoms with E-state index in [2.05, 4.69) is 17.1 Å². The molecule has 3 N–H and O–H groups in total. The van der Waals surface area contributed by atoms with Crippen LogP contribution in [0.3, 0.4) is 0 Å². The highest BCUT2D eigenvalue weighted by Gasteiger charge is 2.16. The van der Waals surface area contributed by atoms with E-state index in [0.29, 0.717) is 18.0 Å². The van der Waals surface area contributed by atoms with Gasteiger partial charge in [-0.05, 0) is 19.9 Å². The number of nitrogens with one attached hydrogen (secondary N) is 1. The molecule has 0 spiro atoms. The summed E-state index contributed by atoms with van der Waals surface area (Å²) in [5, 5.41) is 2.62. The van der Waals surface area contributed by atoms with Crippen LogP contribution in [0.5, 0.6) is 0 Å². The third kappa shape index (κ3) is 6.41. The van der Waals surface area contributed by atoms with Crippen molar-refractivity contribution in [2.24, 2.45) is 5.73 Å². The molecule has 4 nitrogen and oxygen atoms in total. The number of thiocarbonyl (C=S) groups is 1. The lowest BCUT2D eigenvalue weighted by Crippen LogP contribution is -2.42. The van der Waals surface area contributed by atoms with Gasteiger partial charge in [0.1, 0.15) is 0 Å². The smallest absolute Gasteiger partial charge is 0.233 e. The summed E-state index contributed by atoms with van der Waals surface area (Å²) in [5.41, 5.74) is 5.49. The molecule has 5 heteroatoms. The van der Waals surface area contributed by atoms with Gasteiger partial charge in [-0.2, -0.15) is 0 Å². The van der Waals surface area contributed by atoms with E-state index in [9.17, 15) is 4.79 Å². The fourth-order valence-electron chi connectivity index (χ4n) is 1.43. The van der Waals surface area contributed by atoms with Gasteiger partial charge in [0, 0.05) is 19.5 Å². The second-order valence-corrected chi connectivity index (χ2v) is 4.19. The summed E-state index contributed by atoms with van der Waals surface area (Å²) in [5.74, 6) is 0.0261. The molecular weight excluding hydrogens is 210 g/mol. The van der Waals surface area contributed by atoms with Gasteiger partial charge in [0.2, 0.25) is 5.91 Å². The summed E-state index contributed by atoms with van der Waals surface area (Å²) in [7, 11) is 1.64. The Morgan fingerprint density at radius 1 is 1.60 bits per heavy atom. The molecule has 0 aromatic carbocycles. The van der Waals surface area contributed by atoms with Crippen molar-refractivity contribution >= 4 is 23.1 Å². The van der Waals surface area contributed by atoms with Crippen LogP contribution in [0.25, 0.3) is 0 Å². The standard InChI is InChI=1S/C10H21N3OS/c1-4-5-13(7-10(14)12-3)8(2)6-9(11)15/h8H,4-7H2,1-3H3,(H2,11,15)(H,12,14). The van der Waals surface area contributed by atoms with Gasteiger partial charge in [-0.1, -0.05) is 19.1 Å².